The van der Waals surface area contributed by atoms with Gasteiger partial charge in [0.15, 0.2) is 0 Å². The molecule has 1 rings (SSSR count). The van der Waals surface area contributed by atoms with Crippen molar-refractivity contribution in [1.29, 1.82) is 0 Å². The second-order valence-corrected chi connectivity index (χ2v) is 3.18. The van der Waals surface area contributed by atoms with Crippen molar-refractivity contribution < 1.29 is 9.66 Å². The number of ether oxygens (including phenoxy) is 1. The number of rotatable bonds is 5. The van der Waals surface area contributed by atoms with Gasteiger partial charge in [0.1, 0.15) is 6.20 Å². The summed E-state index contributed by atoms with van der Waals surface area (Å²) in [5.41, 5.74) is 5.24. The van der Waals surface area contributed by atoms with Crippen LogP contribution >= 0.6 is 11.3 Å². The molecule has 0 radical (unpaired) electrons. The molecule has 0 atom stereocenters. The van der Waals surface area contributed by atoms with Crippen molar-refractivity contribution in [2.45, 2.75) is 6.42 Å². The first-order valence-electron chi connectivity index (χ1n) is 3.67. The first-order valence-corrected chi connectivity index (χ1v) is 4.49. The van der Waals surface area contributed by atoms with E-state index in [2.05, 4.69) is 4.98 Å². The predicted octanol–water partition coefficient (Wildman–Crippen LogP) is 0.779. The third-order valence-corrected chi connectivity index (χ3v) is 2.09. The molecule has 0 spiro atoms. The Hall–Kier alpha value is -1.21. The first-order chi connectivity index (χ1) is 6.24. The van der Waals surface area contributed by atoms with Gasteiger partial charge in [-0.15, -0.1) is 0 Å². The zero-order chi connectivity index (χ0) is 9.68. The molecule has 6 nitrogen and oxygen atoms in total. The summed E-state index contributed by atoms with van der Waals surface area (Å²) < 4.78 is 5.10. The summed E-state index contributed by atoms with van der Waals surface area (Å²) in [4.78, 5) is 13.5. The molecule has 0 fully saturated rings. The highest BCUT2D eigenvalue weighted by Gasteiger charge is 2.11. The minimum absolute atomic E-state index is 0.0113. The van der Waals surface area contributed by atoms with Crippen LogP contribution in [0.1, 0.15) is 6.42 Å². The molecule has 0 aliphatic carbocycles. The molecular weight excluding hydrogens is 194 g/mol. The summed E-state index contributed by atoms with van der Waals surface area (Å²) in [6, 6.07) is 0. The van der Waals surface area contributed by atoms with Crippen LogP contribution in [0.2, 0.25) is 0 Å². The van der Waals surface area contributed by atoms with Crippen LogP contribution in [0.5, 0.6) is 5.19 Å². The van der Waals surface area contributed by atoms with Gasteiger partial charge in [-0.3, -0.25) is 10.1 Å². The molecule has 0 unspecified atom stereocenters. The van der Waals surface area contributed by atoms with Crippen molar-refractivity contribution in [3.8, 4) is 5.19 Å². The Balaban J connectivity index is 2.44. The number of hydrogen-bond donors (Lipinski definition) is 1. The highest BCUT2D eigenvalue weighted by molar-refractivity contribution is 7.16. The quantitative estimate of drug-likeness (QED) is 0.433. The van der Waals surface area contributed by atoms with Gasteiger partial charge in [-0.05, 0) is 24.3 Å². The van der Waals surface area contributed by atoms with Gasteiger partial charge in [0, 0.05) is 0 Å². The molecule has 0 aliphatic heterocycles. The Labute approximate surface area is 78.5 Å². The van der Waals surface area contributed by atoms with Crippen molar-refractivity contribution in [2.24, 2.45) is 5.73 Å². The monoisotopic (exact) mass is 203 g/mol. The van der Waals surface area contributed by atoms with Crippen LogP contribution in [0, 0.1) is 10.1 Å². The molecule has 7 heteroatoms. The molecule has 0 aromatic carbocycles. The molecule has 1 aromatic heterocycles. The predicted molar refractivity (Wildman–Crippen MR) is 47.9 cm³/mol. The lowest BCUT2D eigenvalue weighted by Gasteiger charge is -1.97. The topological polar surface area (TPSA) is 91.3 Å². The van der Waals surface area contributed by atoms with Crippen molar-refractivity contribution in [1.82, 2.24) is 4.98 Å². The smallest absolute Gasteiger partial charge is 0.347 e. The molecule has 1 heterocycles. The number of aromatic nitrogens is 1. The van der Waals surface area contributed by atoms with Crippen molar-refractivity contribution in [3.63, 3.8) is 0 Å². The summed E-state index contributed by atoms with van der Waals surface area (Å²) in [7, 11) is 0. The Morgan fingerprint density at radius 1 is 1.77 bits per heavy atom. The number of nitrogens with zero attached hydrogens (tertiary/aromatic N) is 2. The van der Waals surface area contributed by atoms with Crippen molar-refractivity contribution >= 4 is 16.3 Å². The molecule has 0 saturated heterocycles. The van der Waals surface area contributed by atoms with Crippen LogP contribution < -0.4 is 10.5 Å². The lowest BCUT2D eigenvalue weighted by atomic mass is 10.5. The van der Waals surface area contributed by atoms with Crippen molar-refractivity contribution in [3.05, 3.63) is 16.3 Å². The number of thiazole rings is 1. The van der Waals surface area contributed by atoms with E-state index in [0.717, 1.165) is 11.3 Å². The number of nitrogens with two attached hydrogens (primary N) is 1. The van der Waals surface area contributed by atoms with Crippen LogP contribution in [0.25, 0.3) is 0 Å². The van der Waals surface area contributed by atoms with E-state index in [0.29, 0.717) is 24.8 Å². The van der Waals surface area contributed by atoms with Crippen LogP contribution in [0.4, 0.5) is 5.00 Å². The SMILES string of the molecule is NCCCOc1ncc([N+](=O)[O-])s1. The summed E-state index contributed by atoms with van der Waals surface area (Å²) in [5, 5.41) is 10.6. The van der Waals surface area contributed by atoms with E-state index in [-0.39, 0.29) is 5.00 Å². The largest absolute Gasteiger partial charge is 0.470 e. The van der Waals surface area contributed by atoms with E-state index < -0.39 is 4.92 Å². The Bertz CT molecular complexity index is 288. The molecule has 0 aliphatic rings. The van der Waals surface area contributed by atoms with Gasteiger partial charge in [-0.2, -0.15) is 0 Å². The lowest BCUT2D eigenvalue weighted by Crippen LogP contribution is -2.05. The van der Waals surface area contributed by atoms with E-state index in [4.69, 9.17) is 10.5 Å². The summed E-state index contributed by atoms with van der Waals surface area (Å²) in [6.45, 7) is 0.981. The summed E-state index contributed by atoms with van der Waals surface area (Å²) in [6.07, 6.45) is 1.90. The standard InChI is InChI=1S/C6H9N3O3S/c7-2-1-3-12-6-8-4-5(13-6)9(10)11/h4H,1-3,7H2. The normalized spacial score (nSPS) is 9.92. The second kappa shape index (κ2) is 4.73. The first kappa shape index (κ1) is 9.87. The maximum atomic E-state index is 10.2. The fourth-order valence-corrected chi connectivity index (χ4v) is 1.25. The van der Waals surface area contributed by atoms with Crippen LogP contribution in [0.15, 0.2) is 6.20 Å². The summed E-state index contributed by atoms with van der Waals surface area (Å²) >= 11 is 0.918. The van der Waals surface area contributed by atoms with E-state index in [1.54, 1.807) is 0 Å². The van der Waals surface area contributed by atoms with Crippen molar-refractivity contribution in [2.75, 3.05) is 13.2 Å². The minimum atomic E-state index is -0.493. The van der Waals surface area contributed by atoms with E-state index in [1.807, 2.05) is 0 Å². The number of hydrogen-bond acceptors (Lipinski definition) is 6. The highest BCUT2D eigenvalue weighted by Crippen LogP contribution is 2.26. The van der Waals surface area contributed by atoms with Crippen LogP contribution in [0.3, 0.4) is 0 Å². The molecule has 2 N–H and O–H groups in total. The maximum Gasteiger partial charge on any atom is 0.347 e. The molecule has 0 saturated carbocycles. The van der Waals surface area contributed by atoms with E-state index in [1.165, 1.54) is 6.20 Å². The average molecular weight is 203 g/mol. The zero-order valence-electron chi connectivity index (χ0n) is 6.80. The third-order valence-electron chi connectivity index (χ3n) is 1.23. The second-order valence-electron chi connectivity index (χ2n) is 2.21. The van der Waals surface area contributed by atoms with Crippen LogP contribution in [-0.2, 0) is 0 Å². The Kier molecular flexibility index (Phi) is 3.59. The van der Waals surface area contributed by atoms with Gasteiger partial charge >= 0.3 is 5.00 Å². The lowest BCUT2D eigenvalue weighted by molar-refractivity contribution is -0.380. The molecule has 0 amide bonds. The van der Waals surface area contributed by atoms with E-state index in [9.17, 15) is 10.1 Å². The molecule has 0 bridgehead atoms. The fraction of sp³-hybridized carbons (Fsp3) is 0.500. The van der Waals surface area contributed by atoms with Gasteiger partial charge in [-0.25, -0.2) is 4.98 Å². The van der Waals surface area contributed by atoms with E-state index >= 15 is 0 Å². The van der Waals surface area contributed by atoms with Gasteiger partial charge in [0.25, 0.3) is 5.19 Å². The number of nitro groups is 1. The van der Waals surface area contributed by atoms with Gasteiger partial charge < -0.3 is 10.5 Å². The third kappa shape index (κ3) is 2.96. The highest BCUT2D eigenvalue weighted by atomic mass is 32.1. The van der Waals surface area contributed by atoms with Crippen LogP contribution in [-0.4, -0.2) is 23.1 Å². The molecular formula is C6H9N3O3S. The van der Waals surface area contributed by atoms with Gasteiger partial charge in [-0.1, -0.05) is 0 Å². The minimum Gasteiger partial charge on any atom is -0.470 e. The fourth-order valence-electron chi connectivity index (χ4n) is 0.644. The Morgan fingerprint density at radius 2 is 2.54 bits per heavy atom. The molecule has 13 heavy (non-hydrogen) atoms. The van der Waals surface area contributed by atoms with Gasteiger partial charge in [0.2, 0.25) is 0 Å². The maximum absolute atomic E-state index is 10.2. The Morgan fingerprint density at radius 3 is 3.08 bits per heavy atom. The molecule has 1 aromatic rings. The summed E-state index contributed by atoms with van der Waals surface area (Å²) in [5.74, 6) is 0. The average Bonchev–Trinajstić information content (AvgIpc) is 2.53. The van der Waals surface area contributed by atoms with Gasteiger partial charge in [0.05, 0.1) is 11.5 Å². The zero-order valence-corrected chi connectivity index (χ0v) is 7.62. The molecule has 72 valence electrons.